The Kier molecular flexibility index (Phi) is 3.53. The van der Waals surface area contributed by atoms with Gasteiger partial charge in [0.25, 0.3) is 0 Å². The van der Waals surface area contributed by atoms with Gasteiger partial charge in [-0.25, -0.2) is 0 Å². The summed E-state index contributed by atoms with van der Waals surface area (Å²) in [5.41, 5.74) is 0.157. The number of nitrogens with zero attached hydrogens (tertiary/aromatic N) is 1. The molecule has 1 aliphatic rings. The van der Waals surface area contributed by atoms with Crippen molar-refractivity contribution in [3.8, 4) is 0 Å². The lowest BCUT2D eigenvalue weighted by atomic mass is 9.93. The van der Waals surface area contributed by atoms with Crippen LogP contribution in [0.5, 0.6) is 0 Å². The van der Waals surface area contributed by atoms with E-state index in [0.717, 1.165) is 0 Å². The van der Waals surface area contributed by atoms with E-state index in [2.05, 4.69) is 18.7 Å². The fourth-order valence-electron chi connectivity index (χ4n) is 1.77. The average molecular weight is 171 g/mol. The maximum Gasteiger partial charge on any atom is 0.0675 e. The van der Waals surface area contributed by atoms with Crippen molar-refractivity contribution in [2.24, 2.45) is 0 Å². The van der Waals surface area contributed by atoms with Gasteiger partial charge in [0.2, 0.25) is 0 Å². The van der Waals surface area contributed by atoms with Crippen molar-refractivity contribution in [3.63, 3.8) is 0 Å². The molecular weight excluding hydrogens is 150 g/mol. The molecule has 0 unspecified atom stereocenters. The Balaban J connectivity index is 2.29. The first kappa shape index (κ1) is 10.0. The molecule has 0 radical (unpaired) electrons. The van der Waals surface area contributed by atoms with Crippen molar-refractivity contribution >= 4 is 0 Å². The Bertz CT molecular complexity index is 128. The highest BCUT2D eigenvalue weighted by atomic mass is 16.5. The molecule has 72 valence electrons. The van der Waals surface area contributed by atoms with Gasteiger partial charge in [-0.3, -0.25) is 0 Å². The third kappa shape index (κ3) is 2.46. The summed E-state index contributed by atoms with van der Waals surface area (Å²) in [4.78, 5) is 2.53. The van der Waals surface area contributed by atoms with E-state index in [0.29, 0.717) is 0 Å². The van der Waals surface area contributed by atoms with E-state index in [-0.39, 0.29) is 5.60 Å². The van der Waals surface area contributed by atoms with Crippen molar-refractivity contribution < 1.29 is 4.74 Å². The molecule has 1 aliphatic heterocycles. The Morgan fingerprint density at radius 2 is 1.92 bits per heavy atom. The highest BCUT2D eigenvalue weighted by molar-refractivity contribution is 4.82. The van der Waals surface area contributed by atoms with Gasteiger partial charge in [-0.1, -0.05) is 6.92 Å². The molecule has 1 fully saturated rings. The second-order valence-corrected chi connectivity index (χ2v) is 4.00. The van der Waals surface area contributed by atoms with Crippen molar-refractivity contribution in [2.75, 3.05) is 26.7 Å². The normalized spacial score (nSPS) is 24.2. The number of likely N-dealkylation sites (tertiary alicyclic amines) is 1. The van der Waals surface area contributed by atoms with Crippen LogP contribution in [0.4, 0.5) is 0 Å². The topological polar surface area (TPSA) is 12.5 Å². The molecule has 1 saturated heterocycles. The highest BCUT2D eigenvalue weighted by Crippen LogP contribution is 2.24. The molecule has 0 amide bonds. The Morgan fingerprint density at radius 1 is 1.33 bits per heavy atom. The molecule has 0 saturated carbocycles. The zero-order chi connectivity index (χ0) is 9.03. The lowest BCUT2D eigenvalue weighted by molar-refractivity contribution is -0.0425. The van der Waals surface area contributed by atoms with E-state index in [4.69, 9.17) is 4.74 Å². The zero-order valence-corrected chi connectivity index (χ0v) is 8.60. The second-order valence-electron chi connectivity index (χ2n) is 4.00. The van der Waals surface area contributed by atoms with E-state index in [1.165, 1.54) is 38.9 Å². The average Bonchev–Trinajstić information content (AvgIpc) is 2.10. The summed E-state index contributed by atoms with van der Waals surface area (Å²) >= 11 is 0. The third-order valence-electron chi connectivity index (χ3n) is 2.95. The predicted molar refractivity (Wildman–Crippen MR) is 51.4 cm³/mol. The number of rotatable bonds is 3. The SMILES string of the molecule is CCCN1CCC(C)(OC)CC1. The van der Waals surface area contributed by atoms with Crippen molar-refractivity contribution in [1.82, 2.24) is 4.90 Å². The molecule has 0 aromatic heterocycles. The molecule has 0 bridgehead atoms. The zero-order valence-electron chi connectivity index (χ0n) is 8.60. The minimum absolute atomic E-state index is 0.157. The van der Waals surface area contributed by atoms with Gasteiger partial charge in [0.05, 0.1) is 5.60 Å². The van der Waals surface area contributed by atoms with Crippen LogP contribution in [0.2, 0.25) is 0 Å². The van der Waals surface area contributed by atoms with Crippen molar-refractivity contribution in [1.29, 1.82) is 0 Å². The van der Waals surface area contributed by atoms with Gasteiger partial charge in [0.15, 0.2) is 0 Å². The molecule has 1 heterocycles. The van der Waals surface area contributed by atoms with Gasteiger partial charge < -0.3 is 9.64 Å². The molecule has 0 aromatic rings. The van der Waals surface area contributed by atoms with E-state index in [9.17, 15) is 0 Å². The molecule has 0 aliphatic carbocycles. The maximum absolute atomic E-state index is 5.48. The molecular formula is C10H21NO. The van der Waals surface area contributed by atoms with E-state index >= 15 is 0 Å². The summed E-state index contributed by atoms with van der Waals surface area (Å²) in [7, 11) is 1.83. The lowest BCUT2D eigenvalue weighted by Crippen LogP contribution is -2.43. The Morgan fingerprint density at radius 3 is 2.33 bits per heavy atom. The number of piperidine rings is 1. The summed E-state index contributed by atoms with van der Waals surface area (Å²) in [5.74, 6) is 0. The first-order valence-electron chi connectivity index (χ1n) is 4.98. The van der Waals surface area contributed by atoms with Crippen LogP contribution in [-0.2, 0) is 4.74 Å². The second kappa shape index (κ2) is 4.24. The van der Waals surface area contributed by atoms with Gasteiger partial charge in [0, 0.05) is 20.2 Å². The molecule has 0 spiro atoms. The van der Waals surface area contributed by atoms with Crippen LogP contribution in [0, 0.1) is 0 Å². The predicted octanol–water partition coefficient (Wildman–Crippen LogP) is 1.90. The number of methoxy groups -OCH3 is 1. The van der Waals surface area contributed by atoms with Gasteiger partial charge in [0.1, 0.15) is 0 Å². The van der Waals surface area contributed by atoms with Crippen LogP contribution in [-0.4, -0.2) is 37.2 Å². The molecule has 1 rings (SSSR count). The van der Waals surface area contributed by atoms with Crippen LogP contribution in [0.15, 0.2) is 0 Å². The summed E-state index contributed by atoms with van der Waals surface area (Å²) < 4.78 is 5.48. The number of hydrogen-bond donors (Lipinski definition) is 0. The lowest BCUT2D eigenvalue weighted by Gasteiger charge is -2.38. The van der Waals surface area contributed by atoms with Gasteiger partial charge in [-0.2, -0.15) is 0 Å². The largest absolute Gasteiger partial charge is 0.378 e. The van der Waals surface area contributed by atoms with Crippen molar-refractivity contribution in [3.05, 3.63) is 0 Å². The fraction of sp³-hybridized carbons (Fsp3) is 1.00. The summed E-state index contributed by atoms with van der Waals surface area (Å²) in [6, 6.07) is 0. The van der Waals surface area contributed by atoms with Crippen LogP contribution in [0.25, 0.3) is 0 Å². The third-order valence-corrected chi connectivity index (χ3v) is 2.95. The number of ether oxygens (including phenoxy) is 1. The monoisotopic (exact) mass is 171 g/mol. The van der Waals surface area contributed by atoms with Crippen LogP contribution in [0.1, 0.15) is 33.1 Å². The summed E-state index contributed by atoms with van der Waals surface area (Å²) in [6.45, 7) is 8.12. The molecule has 12 heavy (non-hydrogen) atoms. The van der Waals surface area contributed by atoms with Gasteiger partial charge in [-0.05, 0) is 32.7 Å². The molecule has 0 N–H and O–H groups in total. The fourth-order valence-corrected chi connectivity index (χ4v) is 1.77. The molecule has 0 atom stereocenters. The standard InChI is InChI=1S/C10H21NO/c1-4-7-11-8-5-10(2,12-3)6-9-11/h4-9H2,1-3H3. The van der Waals surface area contributed by atoms with Crippen LogP contribution < -0.4 is 0 Å². The van der Waals surface area contributed by atoms with E-state index in [1.54, 1.807) is 0 Å². The smallest absolute Gasteiger partial charge is 0.0675 e. The van der Waals surface area contributed by atoms with Gasteiger partial charge in [-0.15, -0.1) is 0 Å². The minimum atomic E-state index is 0.157. The number of hydrogen-bond acceptors (Lipinski definition) is 2. The van der Waals surface area contributed by atoms with E-state index < -0.39 is 0 Å². The first-order chi connectivity index (χ1) is 5.70. The van der Waals surface area contributed by atoms with E-state index in [1.807, 2.05) is 7.11 Å². The molecule has 2 nitrogen and oxygen atoms in total. The van der Waals surface area contributed by atoms with Gasteiger partial charge >= 0.3 is 0 Å². The highest BCUT2D eigenvalue weighted by Gasteiger charge is 2.28. The Hall–Kier alpha value is -0.0800. The van der Waals surface area contributed by atoms with Crippen LogP contribution in [0.3, 0.4) is 0 Å². The van der Waals surface area contributed by atoms with Crippen LogP contribution >= 0.6 is 0 Å². The summed E-state index contributed by atoms with van der Waals surface area (Å²) in [5, 5.41) is 0. The quantitative estimate of drug-likeness (QED) is 0.643. The molecule has 0 aromatic carbocycles. The summed E-state index contributed by atoms with van der Waals surface area (Å²) in [6.07, 6.45) is 3.64. The van der Waals surface area contributed by atoms with Crippen molar-refractivity contribution in [2.45, 2.75) is 38.7 Å². The maximum atomic E-state index is 5.48. The Labute approximate surface area is 75.9 Å². The molecule has 2 heteroatoms. The first-order valence-corrected chi connectivity index (χ1v) is 4.98. The minimum Gasteiger partial charge on any atom is -0.378 e.